The zero-order chi connectivity index (χ0) is 18.7. The van der Waals surface area contributed by atoms with E-state index in [1.165, 1.54) is 35.0 Å². The fourth-order valence-corrected chi connectivity index (χ4v) is 2.83. The van der Waals surface area contributed by atoms with E-state index in [0.717, 1.165) is 16.7 Å². The standard InChI is InChI=1S/C21H19FN2O2/c1-14-9-15(2)11-19(10-14)23-21(26)17-5-8-20(25)24(13-17)12-16-3-6-18(22)7-4-16/h3-11,13H,12H2,1-2H3,(H,23,26). The highest BCUT2D eigenvalue weighted by molar-refractivity contribution is 6.04. The zero-order valence-corrected chi connectivity index (χ0v) is 14.6. The largest absolute Gasteiger partial charge is 0.322 e. The van der Waals surface area contributed by atoms with E-state index in [1.807, 2.05) is 32.0 Å². The number of amides is 1. The van der Waals surface area contributed by atoms with Gasteiger partial charge in [-0.15, -0.1) is 0 Å². The summed E-state index contributed by atoms with van der Waals surface area (Å²) in [6, 6.07) is 14.6. The molecule has 0 atom stereocenters. The molecular weight excluding hydrogens is 331 g/mol. The number of hydrogen-bond donors (Lipinski definition) is 1. The maximum atomic E-state index is 13.0. The summed E-state index contributed by atoms with van der Waals surface area (Å²) >= 11 is 0. The third-order valence-corrected chi connectivity index (χ3v) is 3.99. The van der Waals surface area contributed by atoms with E-state index >= 15 is 0 Å². The number of anilines is 1. The van der Waals surface area contributed by atoms with Gasteiger partial charge in [0.1, 0.15) is 5.82 Å². The van der Waals surface area contributed by atoms with E-state index in [0.29, 0.717) is 11.3 Å². The summed E-state index contributed by atoms with van der Waals surface area (Å²) in [6.45, 7) is 4.20. The van der Waals surface area contributed by atoms with E-state index in [4.69, 9.17) is 0 Å². The van der Waals surface area contributed by atoms with E-state index in [2.05, 4.69) is 5.32 Å². The Kier molecular flexibility index (Phi) is 4.98. The molecule has 1 aromatic heterocycles. The van der Waals surface area contributed by atoms with Gasteiger partial charge in [-0.2, -0.15) is 0 Å². The minimum Gasteiger partial charge on any atom is -0.322 e. The Bertz CT molecular complexity index is 987. The van der Waals surface area contributed by atoms with Crippen molar-refractivity contribution in [1.82, 2.24) is 4.57 Å². The number of aromatic nitrogens is 1. The SMILES string of the molecule is Cc1cc(C)cc(NC(=O)c2ccc(=O)n(Cc3ccc(F)cc3)c2)c1. The fourth-order valence-electron chi connectivity index (χ4n) is 2.83. The summed E-state index contributed by atoms with van der Waals surface area (Å²) in [5.74, 6) is -0.620. The van der Waals surface area contributed by atoms with Crippen molar-refractivity contribution in [3.63, 3.8) is 0 Å². The lowest BCUT2D eigenvalue weighted by atomic mass is 10.1. The number of nitrogens with one attached hydrogen (secondary N) is 1. The van der Waals surface area contributed by atoms with Gasteiger partial charge in [0.25, 0.3) is 11.5 Å². The molecule has 0 aliphatic heterocycles. The molecule has 0 spiro atoms. The second kappa shape index (κ2) is 7.35. The number of benzene rings is 2. The molecular formula is C21H19FN2O2. The van der Waals surface area contributed by atoms with Crippen LogP contribution in [0.3, 0.4) is 0 Å². The third kappa shape index (κ3) is 4.25. The average molecular weight is 350 g/mol. The van der Waals surface area contributed by atoms with Crippen molar-refractivity contribution in [2.24, 2.45) is 0 Å². The molecule has 4 nitrogen and oxygen atoms in total. The highest BCUT2D eigenvalue weighted by Crippen LogP contribution is 2.15. The summed E-state index contributed by atoms with van der Waals surface area (Å²) in [5, 5.41) is 2.85. The van der Waals surface area contributed by atoms with Crippen LogP contribution in [0.1, 0.15) is 27.0 Å². The van der Waals surface area contributed by atoms with Crippen LogP contribution >= 0.6 is 0 Å². The number of pyridine rings is 1. The number of carbonyl (C=O) groups is 1. The van der Waals surface area contributed by atoms with Gasteiger partial charge in [-0.05, 0) is 60.9 Å². The normalized spacial score (nSPS) is 10.6. The summed E-state index contributed by atoms with van der Waals surface area (Å²) in [5.41, 5.74) is 3.76. The summed E-state index contributed by atoms with van der Waals surface area (Å²) in [4.78, 5) is 24.6. The molecule has 5 heteroatoms. The molecule has 0 bridgehead atoms. The van der Waals surface area contributed by atoms with Crippen LogP contribution in [0, 0.1) is 19.7 Å². The minimum absolute atomic E-state index is 0.225. The van der Waals surface area contributed by atoms with Crippen LogP contribution in [0.2, 0.25) is 0 Å². The van der Waals surface area contributed by atoms with Gasteiger partial charge in [0.05, 0.1) is 12.1 Å². The minimum atomic E-state index is -0.331. The van der Waals surface area contributed by atoms with Crippen molar-refractivity contribution in [3.8, 4) is 0 Å². The molecule has 0 unspecified atom stereocenters. The topological polar surface area (TPSA) is 51.1 Å². The van der Waals surface area contributed by atoms with Gasteiger partial charge in [0.15, 0.2) is 0 Å². The Morgan fingerprint density at radius 3 is 2.31 bits per heavy atom. The molecule has 26 heavy (non-hydrogen) atoms. The maximum Gasteiger partial charge on any atom is 0.257 e. The summed E-state index contributed by atoms with van der Waals surface area (Å²) in [6.07, 6.45) is 1.52. The lowest BCUT2D eigenvalue weighted by Gasteiger charge is -2.10. The van der Waals surface area contributed by atoms with E-state index in [-0.39, 0.29) is 23.8 Å². The van der Waals surface area contributed by atoms with Gasteiger partial charge in [-0.1, -0.05) is 18.2 Å². The van der Waals surface area contributed by atoms with Crippen LogP contribution in [0.25, 0.3) is 0 Å². The second-order valence-corrected chi connectivity index (χ2v) is 6.34. The van der Waals surface area contributed by atoms with Crippen LogP contribution in [0.15, 0.2) is 65.6 Å². The van der Waals surface area contributed by atoms with Gasteiger partial charge in [0, 0.05) is 18.0 Å². The summed E-state index contributed by atoms with van der Waals surface area (Å²) in [7, 11) is 0. The van der Waals surface area contributed by atoms with Crippen molar-refractivity contribution < 1.29 is 9.18 Å². The molecule has 0 radical (unpaired) electrons. The average Bonchev–Trinajstić information content (AvgIpc) is 2.58. The molecule has 132 valence electrons. The first-order valence-corrected chi connectivity index (χ1v) is 8.25. The Labute approximate surface area is 150 Å². The number of aryl methyl sites for hydroxylation is 2. The molecule has 1 amide bonds. The lowest BCUT2D eigenvalue weighted by Crippen LogP contribution is -2.22. The van der Waals surface area contributed by atoms with Crippen LogP contribution in [-0.2, 0) is 6.54 Å². The first kappa shape index (κ1) is 17.6. The van der Waals surface area contributed by atoms with Crippen molar-refractivity contribution in [1.29, 1.82) is 0 Å². The van der Waals surface area contributed by atoms with Gasteiger partial charge >= 0.3 is 0 Å². The molecule has 2 aromatic carbocycles. The Morgan fingerprint density at radius 1 is 1.00 bits per heavy atom. The Morgan fingerprint density at radius 2 is 1.65 bits per heavy atom. The maximum absolute atomic E-state index is 13.0. The van der Waals surface area contributed by atoms with Crippen molar-refractivity contribution in [3.05, 3.63) is 99.2 Å². The quantitative estimate of drug-likeness (QED) is 0.776. The third-order valence-electron chi connectivity index (χ3n) is 3.99. The van der Waals surface area contributed by atoms with E-state index in [9.17, 15) is 14.0 Å². The first-order valence-electron chi connectivity index (χ1n) is 8.25. The smallest absolute Gasteiger partial charge is 0.257 e. The first-order chi connectivity index (χ1) is 12.4. The molecule has 0 fully saturated rings. The van der Waals surface area contributed by atoms with Gasteiger partial charge in [-0.25, -0.2) is 4.39 Å². The number of carbonyl (C=O) groups excluding carboxylic acids is 1. The number of rotatable bonds is 4. The predicted molar refractivity (Wildman–Crippen MR) is 100 cm³/mol. The van der Waals surface area contributed by atoms with Gasteiger partial charge in [0.2, 0.25) is 0 Å². The second-order valence-electron chi connectivity index (χ2n) is 6.34. The predicted octanol–water partition coefficient (Wildman–Crippen LogP) is 3.90. The lowest BCUT2D eigenvalue weighted by molar-refractivity contribution is 0.102. The molecule has 1 N–H and O–H groups in total. The van der Waals surface area contributed by atoms with Gasteiger partial charge in [-0.3, -0.25) is 9.59 Å². The molecule has 0 saturated heterocycles. The Balaban J connectivity index is 1.83. The highest BCUT2D eigenvalue weighted by Gasteiger charge is 2.09. The number of nitrogens with zero attached hydrogens (tertiary/aromatic N) is 1. The zero-order valence-electron chi connectivity index (χ0n) is 14.6. The van der Waals surface area contributed by atoms with Crippen molar-refractivity contribution in [2.75, 3.05) is 5.32 Å². The van der Waals surface area contributed by atoms with Crippen LogP contribution in [0.5, 0.6) is 0 Å². The number of halogens is 1. The molecule has 3 aromatic rings. The Hall–Kier alpha value is -3.21. The molecule has 3 rings (SSSR count). The molecule has 0 saturated carbocycles. The van der Waals surface area contributed by atoms with Crippen molar-refractivity contribution in [2.45, 2.75) is 20.4 Å². The van der Waals surface area contributed by atoms with Crippen LogP contribution < -0.4 is 10.9 Å². The van der Waals surface area contributed by atoms with Crippen LogP contribution in [-0.4, -0.2) is 10.5 Å². The molecule has 1 heterocycles. The van der Waals surface area contributed by atoms with Crippen LogP contribution in [0.4, 0.5) is 10.1 Å². The van der Waals surface area contributed by atoms with Crippen molar-refractivity contribution >= 4 is 11.6 Å². The summed E-state index contributed by atoms with van der Waals surface area (Å²) < 4.78 is 14.5. The van der Waals surface area contributed by atoms with Gasteiger partial charge < -0.3 is 9.88 Å². The van der Waals surface area contributed by atoms with E-state index in [1.54, 1.807) is 12.1 Å². The monoisotopic (exact) mass is 350 g/mol. The molecule has 0 aliphatic carbocycles. The van der Waals surface area contributed by atoms with E-state index < -0.39 is 0 Å². The highest BCUT2D eigenvalue weighted by atomic mass is 19.1. The fraction of sp³-hybridized carbons (Fsp3) is 0.143. The number of hydrogen-bond acceptors (Lipinski definition) is 2. The molecule has 0 aliphatic rings.